The number of halogens is 1. The van der Waals surface area contributed by atoms with Crippen LogP contribution in [-0.2, 0) is 9.53 Å². The highest BCUT2D eigenvalue weighted by Gasteiger charge is 2.29. The van der Waals surface area contributed by atoms with Crippen LogP contribution in [0.3, 0.4) is 0 Å². The Kier molecular flexibility index (Phi) is 7.66. The second-order valence-corrected chi connectivity index (χ2v) is 7.82. The van der Waals surface area contributed by atoms with Gasteiger partial charge in [-0.25, -0.2) is 0 Å². The average Bonchev–Trinajstić information content (AvgIpc) is 3.04. The van der Waals surface area contributed by atoms with Crippen LogP contribution in [0.15, 0.2) is 34.7 Å². The van der Waals surface area contributed by atoms with Crippen molar-refractivity contribution in [2.45, 2.75) is 38.5 Å². The fourth-order valence-electron chi connectivity index (χ4n) is 3.28. The van der Waals surface area contributed by atoms with Crippen LogP contribution in [0, 0.1) is 5.92 Å². The quantitative estimate of drug-likeness (QED) is 0.673. The second-order valence-electron chi connectivity index (χ2n) is 6.22. The van der Waals surface area contributed by atoms with Crippen LogP contribution in [0.25, 0.3) is 0 Å². The minimum Gasteiger partial charge on any atom is -0.469 e. The van der Waals surface area contributed by atoms with E-state index in [1.54, 1.807) is 0 Å². The van der Waals surface area contributed by atoms with Gasteiger partial charge in [-0.15, -0.1) is 11.8 Å². The molecule has 0 saturated heterocycles. The van der Waals surface area contributed by atoms with Gasteiger partial charge in [0.05, 0.1) is 13.0 Å². The van der Waals surface area contributed by atoms with Gasteiger partial charge < -0.3 is 10.5 Å². The number of rotatable bonds is 8. The number of hydrogen-bond donors (Lipinski definition) is 1. The van der Waals surface area contributed by atoms with Gasteiger partial charge in [-0.2, -0.15) is 0 Å². The van der Waals surface area contributed by atoms with E-state index in [1.165, 1.54) is 17.6 Å². The molecule has 0 fully saturated rings. The number of allylic oxidation sites excluding steroid dienone is 1. The van der Waals surface area contributed by atoms with Crippen LogP contribution in [0.4, 0.5) is 0 Å². The van der Waals surface area contributed by atoms with Crippen LogP contribution in [0.1, 0.15) is 44.1 Å². The van der Waals surface area contributed by atoms with E-state index in [2.05, 4.69) is 6.92 Å². The summed E-state index contributed by atoms with van der Waals surface area (Å²) in [5.74, 6) is 0.795. The van der Waals surface area contributed by atoms with Gasteiger partial charge in [0.1, 0.15) is 0 Å². The van der Waals surface area contributed by atoms with Gasteiger partial charge in [-0.3, -0.25) is 4.79 Å². The predicted molar refractivity (Wildman–Crippen MR) is 102 cm³/mol. The van der Waals surface area contributed by atoms with Gasteiger partial charge >= 0.3 is 5.97 Å². The minimum atomic E-state index is -0.317. The Labute approximate surface area is 154 Å². The van der Waals surface area contributed by atoms with Crippen molar-refractivity contribution in [1.82, 2.24) is 0 Å². The summed E-state index contributed by atoms with van der Waals surface area (Å²) in [7, 11) is 1.44. The smallest absolute Gasteiger partial charge is 0.313 e. The molecule has 2 unspecified atom stereocenters. The summed E-state index contributed by atoms with van der Waals surface area (Å²) in [6.07, 6.45) is 4.17. The first-order chi connectivity index (χ1) is 11.6. The third kappa shape index (κ3) is 4.78. The van der Waals surface area contributed by atoms with E-state index in [-0.39, 0.29) is 17.8 Å². The van der Waals surface area contributed by atoms with Crippen molar-refractivity contribution < 1.29 is 9.53 Å². The predicted octanol–water partition coefficient (Wildman–Crippen LogP) is 4.75. The molecule has 1 aromatic rings. The summed E-state index contributed by atoms with van der Waals surface area (Å²) < 4.78 is 5.03. The number of esters is 1. The first kappa shape index (κ1) is 19.4. The SMILES string of the molecule is COC(=O)C(c1ccccc1Cl)C(C)CCCC1=C(CN)CCS1. The minimum absolute atomic E-state index is 0.172. The zero-order valence-corrected chi connectivity index (χ0v) is 16.0. The van der Waals surface area contributed by atoms with E-state index in [9.17, 15) is 4.79 Å². The number of carbonyl (C=O) groups is 1. The molecule has 1 aromatic carbocycles. The average molecular weight is 368 g/mol. The number of thioether (sulfide) groups is 1. The number of nitrogens with two attached hydrogens (primary N) is 1. The standard InChI is InChI=1S/C19H26ClNO2S/c1-13(6-5-9-17-14(12-21)10-11-24-17)18(19(22)23-2)15-7-3-4-8-16(15)20/h3-4,7-8,13,18H,5-6,9-12,21H2,1-2H3. The van der Waals surface area contributed by atoms with E-state index in [0.29, 0.717) is 11.6 Å². The first-order valence-corrected chi connectivity index (χ1v) is 9.80. The first-order valence-electron chi connectivity index (χ1n) is 8.44. The van der Waals surface area contributed by atoms with Crippen LogP contribution in [0.2, 0.25) is 5.02 Å². The summed E-state index contributed by atoms with van der Waals surface area (Å²) in [6.45, 7) is 2.77. The third-order valence-electron chi connectivity index (χ3n) is 4.65. The topological polar surface area (TPSA) is 52.3 Å². The number of carbonyl (C=O) groups excluding carboxylic acids is 1. The van der Waals surface area contributed by atoms with E-state index in [1.807, 2.05) is 36.0 Å². The Morgan fingerprint density at radius 2 is 2.17 bits per heavy atom. The Balaban J connectivity index is 2.02. The fourth-order valence-corrected chi connectivity index (χ4v) is 4.80. The Bertz CT molecular complexity index is 603. The summed E-state index contributed by atoms with van der Waals surface area (Å²) in [6, 6.07) is 7.54. The van der Waals surface area contributed by atoms with Crippen molar-refractivity contribution in [2.24, 2.45) is 11.7 Å². The highest BCUT2D eigenvalue weighted by atomic mass is 35.5. The van der Waals surface area contributed by atoms with Crippen molar-refractivity contribution in [3.05, 3.63) is 45.3 Å². The number of benzene rings is 1. The summed E-state index contributed by atoms with van der Waals surface area (Å²) in [5.41, 5.74) is 8.07. The van der Waals surface area contributed by atoms with Crippen molar-refractivity contribution >= 4 is 29.3 Å². The van der Waals surface area contributed by atoms with Gasteiger partial charge in [0.15, 0.2) is 0 Å². The van der Waals surface area contributed by atoms with Gasteiger partial charge in [0.2, 0.25) is 0 Å². The lowest BCUT2D eigenvalue weighted by molar-refractivity contribution is -0.143. The van der Waals surface area contributed by atoms with E-state index in [0.717, 1.165) is 37.0 Å². The molecule has 3 nitrogen and oxygen atoms in total. The highest BCUT2D eigenvalue weighted by molar-refractivity contribution is 8.03. The lowest BCUT2D eigenvalue weighted by atomic mass is 9.84. The molecule has 24 heavy (non-hydrogen) atoms. The Hall–Kier alpha value is -0.970. The summed E-state index contributed by atoms with van der Waals surface area (Å²) >= 11 is 8.24. The van der Waals surface area contributed by atoms with Gasteiger partial charge in [0.25, 0.3) is 0 Å². The zero-order valence-electron chi connectivity index (χ0n) is 14.4. The normalized spacial score (nSPS) is 17.0. The molecule has 2 rings (SSSR count). The molecule has 132 valence electrons. The highest BCUT2D eigenvalue weighted by Crippen LogP contribution is 2.37. The molecule has 0 aromatic heterocycles. The lowest BCUT2D eigenvalue weighted by Crippen LogP contribution is -2.22. The van der Waals surface area contributed by atoms with Gasteiger partial charge in [0, 0.05) is 17.3 Å². The molecule has 0 aliphatic carbocycles. The number of hydrogen-bond acceptors (Lipinski definition) is 4. The zero-order chi connectivity index (χ0) is 17.5. The molecule has 0 amide bonds. The summed E-state index contributed by atoms with van der Waals surface area (Å²) in [5, 5.41) is 0.624. The van der Waals surface area contributed by atoms with E-state index >= 15 is 0 Å². The van der Waals surface area contributed by atoms with Crippen LogP contribution >= 0.6 is 23.4 Å². The van der Waals surface area contributed by atoms with Crippen molar-refractivity contribution in [3.63, 3.8) is 0 Å². The maximum Gasteiger partial charge on any atom is 0.313 e. The fraction of sp³-hybridized carbons (Fsp3) is 0.526. The maximum absolute atomic E-state index is 12.3. The number of methoxy groups -OCH3 is 1. The molecule has 2 N–H and O–H groups in total. The van der Waals surface area contributed by atoms with Crippen molar-refractivity contribution in [3.8, 4) is 0 Å². The molecule has 0 bridgehead atoms. The molecule has 1 aliphatic rings. The van der Waals surface area contributed by atoms with E-state index < -0.39 is 0 Å². The third-order valence-corrected chi connectivity index (χ3v) is 6.24. The molecule has 2 atom stereocenters. The van der Waals surface area contributed by atoms with Crippen LogP contribution in [0.5, 0.6) is 0 Å². The molecule has 5 heteroatoms. The van der Waals surface area contributed by atoms with Crippen molar-refractivity contribution in [2.75, 3.05) is 19.4 Å². The number of ether oxygens (including phenoxy) is 1. The lowest BCUT2D eigenvalue weighted by Gasteiger charge is -2.23. The van der Waals surface area contributed by atoms with Crippen LogP contribution in [-0.4, -0.2) is 25.4 Å². The molecular weight excluding hydrogens is 342 g/mol. The molecule has 0 saturated carbocycles. The van der Waals surface area contributed by atoms with E-state index in [4.69, 9.17) is 22.1 Å². The molecule has 0 radical (unpaired) electrons. The Morgan fingerprint density at radius 3 is 2.83 bits per heavy atom. The molecule has 1 aliphatic heterocycles. The monoisotopic (exact) mass is 367 g/mol. The Morgan fingerprint density at radius 1 is 1.42 bits per heavy atom. The van der Waals surface area contributed by atoms with Crippen LogP contribution < -0.4 is 5.73 Å². The molecular formula is C19H26ClNO2S. The maximum atomic E-state index is 12.3. The van der Waals surface area contributed by atoms with Gasteiger partial charge in [-0.1, -0.05) is 36.7 Å². The second kappa shape index (κ2) is 9.50. The largest absolute Gasteiger partial charge is 0.469 e. The summed E-state index contributed by atoms with van der Waals surface area (Å²) in [4.78, 5) is 13.8. The van der Waals surface area contributed by atoms with Crippen molar-refractivity contribution in [1.29, 1.82) is 0 Å². The molecule has 1 heterocycles. The molecule has 0 spiro atoms. The van der Waals surface area contributed by atoms with Gasteiger partial charge in [-0.05, 0) is 53.7 Å².